The van der Waals surface area contributed by atoms with Crippen LogP contribution in [0.2, 0.25) is 0 Å². The summed E-state index contributed by atoms with van der Waals surface area (Å²) in [7, 11) is 0. The third-order valence-corrected chi connectivity index (χ3v) is 6.80. The minimum Gasteiger partial charge on any atom is -0.438 e. The maximum absolute atomic E-state index is 13.4. The maximum Gasteiger partial charge on any atom is 0.259 e. The van der Waals surface area contributed by atoms with Gasteiger partial charge in [0.1, 0.15) is 22.9 Å². The first-order valence-electron chi connectivity index (χ1n) is 12.5. The van der Waals surface area contributed by atoms with Crippen molar-refractivity contribution >= 4 is 17.7 Å². The number of pyridine rings is 1. The fourth-order valence-corrected chi connectivity index (χ4v) is 5.04. The van der Waals surface area contributed by atoms with E-state index in [1.165, 1.54) is 0 Å². The fraction of sp³-hybridized carbons (Fsp3) is 0.481. The predicted octanol–water partition coefficient (Wildman–Crippen LogP) is 3.63. The number of para-hydroxylation sites is 1. The first kappa shape index (κ1) is 24.7. The summed E-state index contributed by atoms with van der Waals surface area (Å²) in [6.45, 7) is 7.38. The van der Waals surface area contributed by atoms with Gasteiger partial charge in [-0.2, -0.15) is 0 Å². The molecule has 0 bridgehead atoms. The number of benzene rings is 1. The number of amides is 3. The Morgan fingerprint density at radius 2 is 1.86 bits per heavy atom. The minimum atomic E-state index is -0.907. The van der Waals surface area contributed by atoms with Gasteiger partial charge in [0, 0.05) is 25.8 Å². The third kappa shape index (κ3) is 5.01. The average Bonchev–Trinajstić information content (AvgIpc) is 2.86. The Morgan fingerprint density at radius 1 is 1.14 bits per heavy atom. The zero-order chi connectivity index (χ0) is 25.0. The van der Waals surface area contributed by atoms with Gasteiger partial charge in [-0.3, -0.25) is 14.4 Å². The highest BCUT2D eigenvalue weighted by Crippen LogP contribution is 2.35. The van der Waals surface area contributed by atoms with Gasteiger partial charge < -0.3 is 19.9 Å². The van der Waals surface area contributed by atoms with Gasteiger partial charge >= 0.3 is 0 Å². The minimum absolute atomic E-state index is 0.00858. The summed E-state index contributed by atoms with van der Waals surface area (Å²) < 4.78 is 5.88. The molecule has 2 fully saturated rings. The monoisotopic (exact) mass is 478 g/mol. The van der Waals surface area contributed by atoms with E-state index in [2.05, 4.69) is 10.3 Å². The van der Waals surface area contributed by atoms with Crippen LogP contribution in [0, 0.1) is 5.92 Å². The van der Waals surface area contributed by atoms with Gasteiger partial charge in [-0.15, -0.1) is 0 Å². The lowest BCUT2D eigenvalue weighted by atomic mass is 9.80. The van der Waals surface area contributed by atoms with E-state index in [9.17, 15) is 14.4 Å². The largest absolute Gasteiger partial charge is 0.438 e. The smallest absolute Gasteiger partial charge is 0.259 e. The molecule has 8 nitrogen and oxygen atoms in total. The van der Waals surface area contributed by atoms with E-state index in [1.807, 2.05) is 39.0 Å². The molecule has 186 valence electrons. The number of piperidine rings is 1. The van der Waals surface area contributed by atoms with Crippen LogP contribution in [0.1, 0.15) is 56.8 Å². The zero-order valence-corrected chi connectivity index (χ0v) is 20.7. The number of carbonyl (C=O) groups is 3. The van der Waals surface area contributed by atoms with Crippen LogP contribution in [0.3, 0.4) is 0 Å². The number of nitrogens with zero attached hydrogens (tertiary/aromatic N) is 3. The first-order chi connectivity index (χ1) is 16.9. The molecule has 2 aliphatic heterocycles. The molecular formula is C27H34N4O4. The van der Waals surface area contributed by atoms with E-state index in [4.69, 9.17) is 4.74 Å². The molecule has 35 heavy (non-hydrogen) atoms. The topological polar surface area (TPSA) is 91.8 Å². The molecular weight excluding hydrogens is 444 g/mol. The van der Waals surface area contributed by atoms with Crippen LogP contribution in [-0.2, 0) is 9.59 Å². The lowest BCUT2D eigenvalue weighted by Crippen LogP contribution is -2.73. The van der Waals surface area contributed by atoms with Crippen LogP contribution in [0.25, 0.3) is 0 Å². The van der Waals surface area contributed by atoms with Gasteiger partial charge in [-0.25, -0.2) is 4.98 Å². The number of hydrogen-bond acceptors (Lipinski definition) is 5. The number of hydrogen-bond donors (Lipinski definition) is 1. The lowest BCUT2D eigenvalue weighted by molar-refractivity contribution is -0.161. The number of nitrogens with one attached hydrogen (secondary N) is 1. The summed E-state index contributed by atoms with van der Waals surface area (Å²) in [5.74, 6) is 0.845. The molecule has 3 heterocycles. The Bertz CT molecular complexity index is 1060. The second-order valence-corrected chi connectivity index (χ2v) is 9.74. The molecule has 1 aromatic carbocycles. The van der Waals surface area contributed by atoms with Gasteiger partial charge in [0.2, 0.25) is 17.7 Å². The van der Waals surface area contributed by atoms with E-state index in [0.29, 0.717) is 56.1 Å². The summed E-state index contributed by atoms with van der Waals surface area (Å²) in [5.41, 5.74) is -0.533. The highest BCUT2D eigenvalue weighted by molar-refractivity contribution is 6.01. The Balaban J connectivity index is 1.50. The molecule has 0 radical (unpaired) electrons. The predicted molar refractivity (Wildman–Crippen MR) is 132 cm³/mol. The van der Waals surface area contributed by atoms with Crippen molar-refractivity contribution in [3.05, 3.63) is 54.2 Å². The summed E-state index contributed by atoms with van der Waals surface area (Å²) >= 11 is 0. The van der Waals surface area contributed by atoms with Crippen LogP contribution in [0.15, 0.2) is 48.7 Å². The number of ether oxygens (including phenoxy) is 1. The van der Waals surface area contributed by atoms with Crippen molar-refractivity contribution in [1.29, 1.82) is 0 Å². The SMILES string of the molecule is CCCN1C(=O)C(CC(C)C)NC(=O)C12CCN(C(=O)c1cccnc1Oc1ccccc1)CC2. The molecule has 8 heteroatoms. The number of likely N-dealkylation sites (tertiary alicyclic amines) is 1. The van der Waals surface area contributed by atoms with Gasteiger partial charge in [0.15, 0.2) is 0 Å². The summed E-state index contributed by atoms with van der Waals surface area (Å²) in [6, 6.07) is 12.1. The van der Waals surface area contributed by atoms with Crippen molar-refractivity contribution in [1.82, 2.24) is 20.1 Å². The van der Waals surface area contributed by atoms with Crippen LogP contribution >= 0.6 is 0 Å². The molecule has 3 amide bonds. The molecule has 0 aliphatic carbocycles. The second kappa shape index (κ2) is 10.5. The Labute approximate surface area is 206 Å². The van der Waals surface area contributed by atoms with Crippen molar-refractivity contribution in [2.24, 2.45) is 5.92 Å². The molecule has 0 saturated carbocycles. The van der Waals surface area contributed by atoms with Crippen molar-refractivity contribution in [2.45, 2.75) is 58.0 Å². The second-order valence-electron chi connectivity index (χ2n) is 9.74. The van der Waals surface area contributed by atoms with E-state index in [-0.39, 0.29) is 23.6 Å². The number of piperazine rings is 1. The zero-order valence-electron chi connectivity index (χ0n) is 20.7. The molecule has 1 unspecified atom stereocenters. The Hall–Kier alpha value is -3.42. The number of carbonyl (C=O) groups excluding carboxylic acids is 3. The van der Waals surface area contributed by atoms with Gasteiger partial charge in [-0.05, 0) is 55.9 Å². The van der Waals surface area contributed by atoms with E-state index in [1.54, 1.807) is 40.3 Å². The van der Waals surface area contributed by atoms with Gasteiger partial charge in [0.05, 0.1) is 0 Å². The summed E-state index contributed by atoms with van der Waals surface area (Å²) in [4.78, 5) is 47.9. The Kier molecular flexibility index (Phi) is 7.38. The van der Waals surface area contributed by atoms with Crippen LogP contribution in [0.5, 0.6) is 11.6 Å². The van der Waals surface area contributed by atoms with Crippen LogP contribution < -0.4 is 10.1 Å². The quantitative estimate of drug-likeness (QED) is 0.656. The maximum atomic E-state index is 13.4. The molecule has 2 aliphatic rings. The van der Waals surface area contributed by atoms with Crippen molar-refractivity contribution < 1.29 is 19.1 Å². The lowest BCUT2D eigenvalue weighted by Gasteiger charge is -2.51. The van der Waals surface area contributed by atoms with Gasteiger partial charge in [-0.1, -0.05) is 39.0 Å². The summed E-state index contributed by atoms with van der Waals surface area (Å²) in [5, 5.41) is 2.99. The molecule has 1 aromatic heterocycles. The molecule has 2 aromatic rings. The van der Waals surface area contributed by atoms with Crippen LogP contribution in [-0.4, -0.2) is 63.7 Å². The van der Waals surface area contributed by atoms with E-state index >= 15 is 0 Å². The molecule has 1 atom stereocenters. The molecule has 2 saturated heterocycles. The molecule has 1 spiro atoms. The first-order valence-corrected chi connectivity index (χ1v) is 12.5. The standard InChI is InChI=1S/C27H34N4O4/c1-4-15-31-25(33)22(18-19(2)3)29-26(34)27(31)12-16-30(17-13-27)24(32)21-11-8-14-28-23(21)35-20-9-6-5-7-10-20/h5-11,14,19,22H,4,12-13,15-18H2,1-3H3,(H,29,34). The van der Waals surface area contributed by atoms with Crippen molar-refractivity contribution in [3.8, 4) is 11.6 Å². The highest BCUT2D eigenvalue weighted by atomic mass is 16.5. The van der Waals surface area contributed by atoms with E-state index < -0.39 is 11.6 Å². The van der Waals surface area contributed by atoms with E-state index in [0.717, 1.165) is 6.42 Å². The highest BCUT2D eigenvalue weighted by Gasteiger charge is 2.53. The average molecular weight is 479 g/mol. The van der Waals surface area contributed by atoms with Crippen LogP contribution in [0.4, 0.5) is 0 Å². The fourth-order valence-electron chi connectivity index (χ4n) is 5.04. The van der Waals surface area contributed by atoms with Gasteiger partial charge in [0.25, 0.3) is 5.91 Å². The molecule has 4 rings (SSSR count). The number of rotatable bonds is 7. The third-order valence-electron chi connectivity index (χ3n) is 6.80. The Morgan fingerprint density at radius 3 is 2.51 bits per heavy atom. The number of aromatic nitrogens is 1. The van der Waals surface area contributed by atoms with Crippen molar-refractivity contribution in [3.63, 3.8) is 0 Å². The summed E-state index contributed by atoms with van der Waals surface area (Å²) in [6.07, 6.45) is 3.79. The normalized spacial score (nSPS) is 19.7. The van der Waals surface area contributed by atoms with Crippen molar-refractivity contribution in [2.75, 3.05) is 19.6 Å². The molecule has 1 N–H and O–H groups in total.